The van der Waals surface area contributed by atoms with Gasteiger partial charge in [-0.2, -0.15) is 41.3 Å². The molecule has 6 aromatic rings. The third kappa shape index (κ3) is 4.73. The predicted octanol–water partition coefficient (Wildman–Crippen LogP) is 7.10. The third-order valence-electron chi connectivity index (χ3n) is 6.21. The van der Waals surface area contributed by atoms with E-state index in [1.165, 1.54) is 0 Å². The Bertz CT molecular complexity index is 1870. The first-order chi connectivity index (χ1) is 20.5. The molecule has 0 aliphatic rings. The largest absolute Gasteiger partial charge is 0.864 e. The smallest absolute Gasteiger partial charge is 0.489 e. The highest BCUT2D eigenvalue weighted by atomic mass is 19.2. The van der Waals surface area contributed by atoms with Gasteiger partial charge in [0.05, 0.1) is 16.2 Å². The number of hydrogen-bond acceptors (Lipinski definition) is 6. The lowest BCUT2D eigenvalue weighted by Gasteiger charge is -2.20. The van der Waals surface area contributed by atoms with Crippen molar-refractivity contribution in [3.63, 3.8) is 0 Å². The van der Waals surface area contributed by atoms with Crippen LogP contribution in [0.15, 0.2) is 54.6 Å². The zero-order chi connectivity index (χ0) is 30.6. The zero-order valence-corrected chi connectivity index (χ0v) is 20.7. The van der Waals surface area contributed by atoms with Gasteiger partial charge in [-0.3, -0.25) is 0 Å². The maximum Gasteiger partial charge on any atom is 0.864 e. The molecule has 6 rings (SSSR count). The minimum Gasteiger partial charge on any atom is -0.489 e. The molecule has 0 radical (unpaired) electrons. The molecule has 0 amide bonds. The summed E-state index contributed by atoms with van der Waals surface area (Å²) in [6.07, 6.45) is 0. The number of aromatic nitrogens is 3. The second-order valence-corrected chi connectivity index (χ2v) is 8.70. The molecule has 0 fully saturated rings. The lowest BCUT2D eigenvalue weighted by molar-refractivity contribution is 0.310. The van der Waals surface area contributed by atoms with Gasteiger partial charge in [0.25, 0.3) is 17.8 Å². The number of fused-ring (bicyclic) bond motifs is 3. The molecule has 0 unspecified atom stereocenters. The zero-order valence-electron chi connectivity index (χ0n) is 20.7. The summed E-state index contributed by atoms with van der Waals surface area (Å²) in [4.78, 5) is 8.44. The van der Waals surface area contributed by atoms with E-state index in [2.05, 4.69) is 15.0 Å². The number of pyridine rings is 3. The highest BCUT2D eigenvalue weighted by Crippen LogP contribution is 2.36. The van der Waals surface area contributed by atoms with E-state index >= 15 is 0 Å². The summed E-state index contributed by atoms with van der Waals surface area (Å²) in [7, 11) is -2.34. The summed E-state index contributed by atoms with van der Waals surface area (Å²) in [5.41, 5.74) is 0. The first kappa shape index (κ1) is 27.9. The van der Waals surface area contributed by atoms with Crippen LogP contribution < -0.4 is 14.0 Å². The topological polar surface area (TPSA) is 66.4 Å². The van der Waals surface area contributed by atoms with Crippen molar-refractivity contribution < 1.29 is 53.5 Å². The molecule has 216 valence electrons. The second kappa shape index (κ2) is 10.5. The van der Waals surface area contributed by atoms with Crippen molar-refractivity contribution in [1.29, 1.82) is 0 Å². The van der Waals surface area contributed by atoms with Crippen LogP contribution in [0.1, 0.15) is 0 Å². The summed E-state index contributed by atoms with van der Waals surface area (Å²) in [6, 6.07) is 9.51. The monoisotopic (exact) mass is 605 g/mol. The molecule has 3 aromatic heterocycles. The molecule has 0 N–H and O–H groups in total. The Hall–Kier alpha value is -5.28. The number of halogens is 9. The van der Waals surface area contributed by atoms with E-state index in [-0.39, 0.29) is 0 Å². The minimum atomic E-state index is -2.34. The Morgan fingerprint density at radius 3 is 0.953 bits per heavy atom. The van der Waals surface area contributed by atoms with Gasteiger partial charge in [-0.1, -0.05) is 18.2 Å². The van der Waals surface area contributed by atoms with Gasteiger partial charge in [-0.05, 0) is 36.4 Å². The van der Waals surface area contributed by atoms with Crippen LogP contribution in [0.4, 0.5) is 39.5 Å². The van der Waals surface area contributed by atoms with E-state index < -0.39 is 110 Å². The van der Waals surface area contributed by atoms with Crippen LogP contribution in [-0.2, 0) is 0 Å². The van der Waals surface area contributed by atoms with Gasteiger partial charge in [-0.25, -0.2) is 13.2 Å². The van der Waals surface area contributed by atoms with Crippen molar-refractivity contribution >= 4 is 39.6 Å². The van der Waals surface area contributed by atoms with Gasteiger partial charge in [0.15, 0.2) is 17.5 Å². The van der Waals surface area contributed by atoms with E-state index in [1.54, 1.807) is 0 Å². The van der Waals surface area contributed by atoms with E-state index in [0.29, 0.717) is 0 Å². The number of rotatable bonds is 6. The molecule has 3 heterocycles. The predicted molar refractivity (Wildman–Crippen MR) is 132 cm³/mol. The molecule has 0 bridgehead atoms. The van der Waals surface area contributed by atoms with Crippen LogP contribution in [0.5, 0.6) is 17.2 Å². The van der Waals surface area contributed by atoms with Crippen LogP contribution in [-0.4, -0.2) is 22.3 Å². The summed E-state index contributed by atoms with van der Waals surface area (Å²) >= 11 is 0. The maximum absolute atomic E-state index is 14.8. The molecule has 0 saturated carbocycles. The molecular weight excluding hydrogens is 596 g/mol. The number of hydrogen-bond donors (Lipinski definition) is 0. The summed E-state index contributed by atoms with van der Waals surface area (Å²) in [6.45, 7) is 0. The summed E-state index contributed by atoms with van der Waals surface area (Å²) in [5, 5.41) is -4.10. The molecule has 0 aliphatic carbocycles. The molecule has 3 aromatic carbocycles. The van der Waals surface area contributed by atoms with E-state index in [4.69, 9.17) is 14.0 Å². The van der Waals surface area contributed by atoms with Gasteiger partial charge in [0.2, 0.25) is 17.8 Å². The Morgan fingerprint density at radius 2 is 0.674 bits per heavy atom. The average molecular weight is 605 g/mol. The van der Waals surface area contributed by atoms with Crippen molar-refractivity contribution in [2.45, 2.75) is 0 Å². The van der Waals surface area contributed by atoms with Gasteiger partial charge in [0.1, 0.15) is 17.2 Å². The van der Waals surface area contributed by atoms with Crippen LogP contribution in [0, 0.1) is 53.1 Å². The fraction of sp³-hybridized carbons (Fsp3) is 0. The van der Waals surface area contributed by atoms with Crippen molar-refractivity contribution in [2.24, 2.45) is 0 Å². The van der Waals surface area contributed by atoms with E-state index in [9.17, 15) is 39.5 Å². The minimum absolute atomic E-state index is 0.562. The van der Waals surface area contributed by atoms with Crippen molar-refractivity contribution in [2.75, 3.05) is 0 Å². The molecule has 0 saturated heterocycles. The second-order valence-electron chi connectivity index (χ2n) is 8.70. The first-order valence-corrected chi connectivity index (χ1v) is 11.8. The van der Waals surface area contributed by atoms with Gasteiger partial charge >= 0.3 is 7.32 Å². The Labute approximate surface area is 233 Å². The third-order valence-corrected chi connectivity index (χ3v) is 6.21. The molecule has 6 nitrogen and oxygen atoms in total. The lowest BCUT2D eigenvalue weighted by Crippen LogP contribution is -2.37. The fourth-order valence-corrected chi connectivity index (χ4v) is 4.36. The van der Waals surface area contributed by atoms with Crippen molar-refractivity contribution in [3.05, 3.63) is 108 Å². The standard InChI is InChI=1S/C27H9BF9N3O3/c29-19-16-10(22(32)38-25(19)35)4-1-7-13(16)41-28(42-14-8-2-5-11-17(14)20(30)26(36)39-23(11)33)43-15-9-3-6-12-18(15)21(31)27(37)40-24(12)34/h1-9H. The maximum atomic E-state index is 14.8. The Balaban J connectivity index is 1.54. The number of nitrogens with zero attached hydrogens (tertiary/aromatic N) is 3. The summed E-state index contributed by atoms with van der Waals surface area (Å²) in [5.74, 6) is -16.8. The fourth-order valence-electron chi connectivity index (χ4n) is 4.36. The molecule has 0 atom stereocenters. The summed E-state index contributed by atoms with van der Waals surface area (Å²) < 4.78 is 146. The van der Waals surface area contributed by atoms with Crippen molar-refractivity contribution in [3.8, 4) is 17.2 Å². The molecule has 43 heavy (non-hydrogen) atoms. The first-order valence-electron chi connectivity index (χ1n) is 11.8. The van der Waals surface area contributed by atoms with Crippen LogP contribution in [0.3, 0.4) is 0 Å². The van der Waals surface area contributed by atoms with E-state index in [1.807, 2.05) is 0 Å². The lowest BCUT2D eigenvalue weighted by atomic mass is 10.1. The van der Waals surface area contributed by atoms with Gasteiger partial charge in [-0.15, -0.1) is 0 Å². The molecular formula is C27H9BF9N3O3. The van der Waals surface area contributed by atoms with Crippen LogP contribution in [0.2, 0.25) is 0 Å². The normalized spacial score (nSPS) is 11.4. The molecule has 16 heteroatoms. The highest BCUT2D eigenvalue weighted by molar-refractivity contribution is 6.40. The quantitative estimate of drug-likeness (QED) is 0.115. The van der Waals surface area contributed by atoms with Gasteiger partial charge in [0, 0.05) is 16.2 Å². The highest BCUT2D eigenvalue weighted by Gasteiger charge is 2.35. The molecule has 0 aliphatic heterocycles. The Kier molecular flexibility index (Phi) is 6.82. The van der Waals surface area contributed by atoms with Crippen LogP contribution in [0.25, 0.3) is 32.3 Å². The van der Waals surface area contributed by atoms with Crippen molar-refractivity contribution in [1.82, 2.24) is 15.0 Å². The van der Waals surface area contributed by atoms with Crippen LogP contribution >= 0.6 is 0 Å². The molecule has 0 spiro atoms. The average Bonchev–Trinajstić information content (AvgIpc) is 2.97. The SMILES string of the molecule is Fc1nc(F)c2cccc(OB(Oc3cccc4c(F)nc(F)c(F)c34)Oc3cccc4c(F)nc(F)c(F)c34)c2c1F. The Morgan fingerprint density at radius 1 is 0.395 bits per heavy atom. The van der Waals surface area contributed by atoms with E-state index in [0.717, 1.165) is 54.6 Å². The van der Waals surface area contributed by atoms with Gasteiger partial charge < -0.3 is 14.0 Å². The number of benzene rings is 3.